The van der Waals surface area contributed by atoms with Crippen molar-refractivity contribution in [3.63, 3.8) is 0 Å². The van der Waals surface area contributed by atoms with Crippen LogP contribution < -0.4 is 10.5 Å². The largest absolute Gasteiger partial charge is 0.301 e. The molecule has 150 valence electrons. The van der Waals surface area contributed by atoms with Gasteiger partial charge in [-0.2, -0.15) is 11.8 Å². The fraction of sp³-hybridized carbons (Fsp3) is 0.227. The predicted octanol–water partition coefficient (Wildman–Crippen LogP) is 4.87. The zero-order valence-electron chi connectivity index (χ0n) is 16.4. The van der Waals surface area contributed by atoms with Crippen molar-refractivity contribution in [2.24, 2.45) is 0 Å². The number of nitrogens with zero attached hydrogens (tertiary/aromatic N) is 2. The first-order valence-electron chi connectivity index (χ1n) is 9.37. The zero-order chi connectivity index (χ0) is 20.6. The van der Waals surface area contributed by atoms with E-state index in [0.29, 0.717) is 10.9 Å². The van der Waals surface area contributed by atoms with Crippen molar-refractivity contribution in [3.05, 3.63) is 82.8 Å². The molecule has 1 N–H and O–H groups in total. The number of anilines is 2. The molecule has 7 heteroatoms. The lowest BCUT2D eigenvalue weighted by atomic mass is 10.2. The number of aromatic amines is 1. The number of benzene rings is 2. The molecule has 1 heterocycles. The van der Waals surface area contributed by atoms with E-state index in [2.05, 4.69) is 16.9 Å². The highest BCUT2D eigenvalue weighted by molar-refractivity contribution is 8.00. The second-order valence-corrected chi connectivity index (χ2v) is 8.89. The molecule has 1 amide bonds. The molecule has 5 nitrogen and oxygen atoms in total. The summed E-state index contributed by atoms with van der Waals surface area (Å²) in [6.07, 6.45) is 0. The second-order valence-electron chi connectivity index (χ2n) is 6.28. The van der Waals surface area contributed by atoms with Gasteiger partial charge in [0.05, 0.1) is 10.9 Å². The highest BCUT2D eigenvalue weighted by atomic mass is 32.2. The van der Waals surface area contributed by atoms with Crippen molar-refractivity contribution < 1.29 is 4.79 Å². The number of para-hydroxylation sites is 2. The molecule has 2 aromatic carbocycles. The van der Waals surface area contributed by atoms with Gasteiger partial charge in [0.1, 0.15) is 0 Å². The number of aromatic nitrogens is 2. The number of hydrogen-bond donors (Lipinski definition) is 1. The Morgan fingerprint density at radius 2 is 1.66 bits per heavy atom. The van der Waals surface area contributed by atoms with Crippen LogP contribution in [0.25, 0.3) is 0 Å². The number of hydrogen-bond acceptors (Lipinski definition) is 5. The van der Waals surface area contributed by atoms with Crippen molar-refractivity contribution in [2.45, 2.75) is 30.0 Å². The van der Waals surface area contributed by atoms with Gasteiger partial charge in [0.2, 0.25) is 5.91 Å². The van der Waals surface area contributed by atoms with Crippen molar-refractivity contribution in [1.29, 1.82) is 0 Å². The summed E-state index contributed by atoms with van der Waals surface area (Å²) in [5.41, 5.74) is 2.12. The number of nitrogens with one attached hydrogen (secondary N) is 1. The monoisotopic (exact) mass is 425 g/mol. The highest BCUT2D eigenvalue weighted by Gasteiger charge is 2.25. The van der Waals surface area contributed by atoms with Crippen LogP contribution >= 0.6 is 23.5 Å². The smallest absolute Gasteiger partial charge is 0.251 e. The number of carbonyl (C=O) groups excluding carboxylic acids is 1. The van der Waals surface area contributed by atoms with E-state index in [-0.39, 0.29) is 11.5 Å². The van der Waals surface area contributed by atoms with Crippen LogP contribution in [0.4, 0.5) is 11.4 Å². The summed E-state index contributed by atoms with van der Waals surface area (Å²) in [6, 6.07) is 20.6. The lowest BCUT2D eigenvalue weighted by molar-refractivity contribution is -0.117. The molecule has 29 heavy (non-hydrogen) atoms. The molecule has 0 fully saturated rings. The Kier molecular flexibility index (Phi) is 7.55. The summed E-state index contributed by atoms with van der Waals surface area (Å²) < 4.78 is 0. The number of carbonyl (C=O) groups is 1. The second kappa shape index (κ2) is 10.3. The van der Waals surface area contributed by atoms with Gasteiger partial charge in [-0.3, -0.25) is 14.5 Å². The van der Waals surface area contributed by atoms with Crippen molar-refractivity contribution in [1.82, 2.24) is 9.97 Å². The van der Waals surface area contributed by atoms with Gasteiger partial charge in [-0.1, -0.05) is 55.1 Å². The van der Waals surface area contributed by atoms with E-state index < -0.39 is 5.25 Å². The average Bonchev–Trinajstić information content (AvgIpc) is 2.73. The number of amides is 1. The van der Waals surface area contributed by atoms with E-state index in [9.17, 15) is 9.59 Å². The van der Waals surface area contributed by atoms with Crippen LogP contribution in [0.5, 0.6) is 0 Å². The van der Waals surface area contributed by atoms with Crippen LogP contribution in [-0.4, -0.2) is 26.9 Å². The molecular formula is C22H23N3O2S2. The molecule has 0 saturated carbocycles. The van der Waals surface area contributed by atoms with Gasteiger partial charge in [0.15, 0.2) is 5.16 Å². The Morgan fingerprint density at radius 3 is 2.21 bits per heavy atom. The first kappa shape index (κ1) is 21.2. The first-order chi connectivity index (χ1) is 14.1. The maximum absolute atomic E-state index is 13.4. The van der Waals surface area contributed by atoms with E-state index in [1.54, 1.807) is 16.7 Å². The van der Waals surface area contributed by atoms with Crippen LogP contribution in [0.1, 0.15) is 19.5 Å². The first-order valence-corrected chi connectivity index (χ1v) is 11.4. The topological polar surface area (TPSA) is 66.1 Å². The standard InChI is InChI=1S/C22H23N3O2S2/c1-3-28-15-17-14-20(26)24-22(23-17)29-16(2)21(27)25(18-10-6-4-7-11-18)19-12-8-5-9-13-19/h4-14,16H,3,15H2,1-2H3,(H,23,24,26). The van der Waals surface area contributed by atoms with Crippen LogP contribution in [0, 0.1) is 0 Å². The van der Waals surface area contributed by atoms with Gasteiger partial charge in [-0.05, 0) is 36.9 Å². The molecule has 1 atom stereocenters. The van der Waals surface area contributed by atoms with Crippen molar-refractivity contribution in [3.8, 4) is 0 Å². The van der Waals surface area contributed by atoms with E-state index in [4.69, 9.17) is 0 Å². The number of H-pyrrole nitrogens is 1. The Morgan fingerprint density at radius 1 is 1.07 bits per heavy atom. The SMILES string of the molecule is CCSCc1cc(=O)[nH]c(SC(C)C(=O)N(c2ccccc2)c2ccccc2)n1. The van der Waals surface area contributed by atoms with E-state index in [1.165, 1.54) is 17.8 Å². The Balaban J connectivity index is 1.85. The number of rotatable bonds is 8. The molecule has 1 unspecified atom stereocenters. The highest BCUT2D eigenvalue weighted by Crippen LogP contribution is 2.29. The lowest BCUT2D eigenvalue weighted by Gasteiger charge is -2.25. The van der Waals surface area contributed by atoms with E-state index in [1.807, 2.05) is 67.6 Å². The van der Waals surface area contributed by atoms with Crippen LogP contribution in [-0.2, 0) is 10.5 Å². The third-order valence-electron chi connectivity index (χ3n) is 4.11. The normalized spacial score (nSPS) is 11.8. The summed E-state index contributed by atoms with van der Waals surface area (Å²) in [5, 5.41) is 0.0266. The number of thioether (sulfide) groups is 2. The summed E-state index contributed by atoms with van der Waals surface area (Å²) in [6.45, 7) is 3.90. The molecule has 0 bridgehead atoms. The van der Waals surface area contributed by atoms with Gasteiger partial charge in [0.25, 0.3) is 5.56 Å². The van der Waals surface area contributed by atoms with Gasteiger partial charge in [-0.15, -0.1) is 0 Å². The van der Waals surface area contributed by atoms with Crippen molar-refractivity contribution >= 4 is 40.8 Å². The average molecular weight is 426 g/mol. The molecule has 3 rings (SSSR count). The lowest BCUT2D eigenvalue weighted by Crippen LogP contribution is -2.33. The Labute approximate surface area is 179 Å². The van der Waals surface area contributed by atoms with Crippen LogP contribution in [0.2, 0.25) is 0 Å². The maximum Gasteiger partial charge on any atom is 0.251 e. The molecule has 0 saturated heterocycles. The summed E-state index contributed by atoms with van der Waals surface area (Å²) in [5.74, 6) is 1.55. The van der Waals surface area contributed by atoms with E-state index >= 15 is 0 Å². The molecule has 0 radical (unpaired) electrons. The Hall–Kier alpha value is -2.51. The molecule has 1 aromatic heterocycles. The van der Waals surface area contributed by atoms with Crippen LogP contribution in [0.3, 0.4) is 0 Å². The fourth-order valence-electron chi connectivity index (χ4n) is 2.78. The summed E-state index contributed by atoms with van der Waals surface area (Å²) >= 11 is 2.97. The molecule has 3 aromatic rings. The van der Waals surface area contributed by atoms with Crippen molar-refractivity contribution in [2.75, 3.05) is 10.7 Å². The predicted molar refractivity (Wildman–Crippen MR) is 122 cm³/mol. The summed E-state index contributed by atoms with van der Waals surface area (Å²) in [7, 11) is 0. The van der Waals surface area contributed by atoms with Gasteiger partial charge in [0, 0.05) is 23.2 Å². The third kappa shape index (κ3) is 5.74. The minimum Gasteiger partial charge on any atom is -0.301 e. The minimum absolute atomic E-state index is 0.0802. The van der Waals surface area contributed by atoms with Crippen LogP contribution in [0.15, 0.2) is 76.7 Å². The molecular weight excluding hydrogens is 402 g/mol. The molecule has 0 aliphatic rings. The maximum atomic E-state index is 13.4. The quantitative estimate of drug-likeness (QED) is 0.412. The zero-order valence-corrected chi connectivity index (χ0v) is 18.0. The molecule has 0 spiro atoms. The molecule has 0 aliphatic heterocycles. The fourth-order valence-corrected chi connectivity index (χ4v) is 4.21. The Bertz CT molecular complexity index is 954. The van der Waals surface area contributed by atoms with Gasteiger partial charge in [-0.25, -0.2) is 4.98 Å². The van der Waals surface area contributed by atoms with Gasteiger partial charge >= 0.3 is 0 Å². The van der Waals surface area contributed by atoms with Gasteiger partial charge < -0.3 is 4.98 Å². The minimum atomic E-state index is -0.437. The third-order valence-corrected chi connectivity index (χ3v) is 5.99. The summed E-state index contributed by atoms with van der Waals surface area (Å²) in [4.78, 5) is 34.3. The molecule has 0 aliphatic carbocycles. The van der Waals surface area contributed by atoms with E-state index in [0.717, 1.165) is 22.8 Å².